The minimum absolute atomic E-state index is 0.161. The lowest BCUT2D eigenvalue weighted by molar-refractivity contribution is 0.229. The van der Waals surface area contributed by atoms with Gasteiger partial charge in [0, 0.05) is 13.0 Å². The molecule has 1 aliphatic rings. The zero-order valence-electron chi connectivity index (χ0n) is 14.1. The molecule has 136 valence electrons. The van der Waals surface area contributed by atoms with Gasteiger partial charge in [-0.2, -0.15) is 4.98 Å². The summed E-state index contributed by atoms with van der Waals surface area (Å²) in [5.41, 5.74) is 5.66. The number of sulfonamides is 1. The molecule has 0 amide bonds. The molecular formula is C16H22N4O4S. The van der Waals surface area contributed by atoms with Gasteiger partial charge in [0.15, 0.2) is 5.82 Å². The highest BCUT2D eigenvalue weighted by Gasteiger charge is 2.38. The van der Waals surface area contributed by atoms with E-state index in [9.17, 15) is 8.42 Å². The molecule has 0 radical (unpaired) electrons. The van der Waals surface area contributed by atoms with E-state index in [4.69, 9.17) is 15.0 Å². The fourth-order valence-corrected chi connectivity index (χ4v) is 3.63. The number of aromatic nitrogens is 2. The maximum atomic E-state index is 12.3. The van der Waals surface area contributed by atoms with Gasteiger partial charge in [0.05, 0.1) is 17.0 Å². The summed E-state index contributed by atoms with van der Waals surface area (Å²) < 4.78 is 37.5. The highest BCUT2D eigenvalue weighted by Crippen LogP contribution is 2.36. The molecular weight excluding hydrogens is 344 g/mol. The summed E-state index contributed by atoms with van der Waals surface area (Å²) in [6, 6.07) is 6.27. The van der Waals surface area contributed by atoms with Crippen LogP contribution in [0.2, 0.25) is 0 Å². The number of nitrogens with two attached hydrogens (primary N) is 1. The molecule has 0 spiro atoms. The Labute approximate surface area is 146 Å². The molecule has 0 bridgehead atoms. The van der Waals surface area contributed by atoms with Crippen molar-refractivity contribution in [3.05, 3.63) is 36.0 Å². The first-order valence-corrected chi connectivity index (χ1v) is 9.76. The van der Waals surface area contributed by atoms with Crippen molar-refractivity contribution in [2.45, 2.75) is 43.0 Å². The van der Waals surface area contributed by atoms with Crippen molar-refractivity contribution in [1.29, 1.82) is 0 Å². The summed E-state index contributed by atoms with van der Waals surface area (Å²) >= 11 is 0. The normalized spacial score (nSPS) is 16.4. The molecule has 0 aliphatic heterocycles. The summed E-state index contributed by atoms with van der Waals surface area (Å²) in [5, 5.41) is 3.91. The van der Waals surface area contributed by atoms with Crippen molar-refractivity contribution >= 4 is 10.0 Å². The monoisotopic (exact) mass is 366 g/mol. The van der Waals surface area contributed by atoms with E-state index >= 15 is 0 Å². The molecule has 1 aliphatic carbocycles. The topological polar surface area (TPSA) is 120 Å². The standard InChI is InChI=1S/C16H22N4O4S/c1-2-23-12-4-6-13(7-5-12)25(21,22)18-11-8-14-19-15(20-24-14)16(17)9-3-10-16/h4-7,18H,2-3,8-11,17H2,1H3. The number of hydrogen-bond donors (Lipinski definition) is 2. The number of ether oxygens (including phenoxy) is 1. The van der Waals surface area contributed by atoms with E-state index in [0.29, 0.717) is 30.5 Å². The van der Waals surface area contributed by atoms with Gasteiger partial charge in [-0.15, -0.1) is 0 Å². The van der Waals surface area contributed by atoms with Gasteiger partial charge < -0.3 is 15.0 Å². The van der Waals surface area contributed by atoms with Crippen molar-refractivity contribution in [3.63, 3.8) is 0 Å². The van der Waals surface area contributed by atoms with E-state index < -0.39 is 15.6 Å². The molecule has 1 aromatic carbocycles. The van der Waals surface area contributed by atoms with Crippen LogP contribution >= 0.6 is 0 Å². The van der Waals surface area contributed by atoms with Gasteiger partial charge in [0.25, 0.3) is 0 Å². The molecule has 3 N–H and O–H groups in total. The maximum absolute atomic E-state index is 12.3. The lowest BCUT2D eigenvalue weighted by Gasteiger charge is -2.34. The Bertz CT molecular complexity index is 813. The smallest absolute Gasteiger partial charge is 0.240 e. The molecule has 25 heavy (non-hydrogen) atoms. The third-order valence-corrected chi connectivity index (χ3v) is 5.71. The molecule has 0 saturated heterocycles. The molecule has 0 unspecified atom stereocenters. The molecule has 2 aromatic rings. The number of nitrogens with zero attached hydrogens (tertiary/aromatic N) is 2. The number of rotatable bonds is 8. The third-order valence-electron chi connectivity index (χ3n) is 4.24. The quantitative estimate of drug-likeness (QED) is 0.723. The number of hydrogen-bond acceptors (Lipinski definition) is 7. The fraction of sp³-hybridized carbons (Fsp3) is 0.500. The molecule has 1 heterocycles. The Balaban J connectivity index is 1.55. The Kier molecular flexibility index (Phi) is 5.07. The first-order chi connectivity index (χ1) is 11.9. The fourth-order valence-electron chi connectivity index (χ4n) is 2.60. The Hall–Kier alpha value is -1.97. The molecule has 9 heteroatoms. The average Bonchev–Trinajstić information content (AvgIpc) is 3.02. The van der Waals surface area contributed by atoms with Crippen molar-refractivity contribution in [3.8, 4) is 5.75 Å². The lowest BCUT2D eigenvalue weighted by Crippen LogP contribution is -2.44. The minimum atomic E-state index is -3.60. The van der Waals surface area contributed by atoms with E-state index in [1.807, 2.05) is 6.92 Å². The highest BCUT2D eigenvalue weighted by atomic mass is 32.2. The predicted molar refractivity (Wildman–Crippen MR) is 90.5 cm³/mol. The highest BCUT2D eigenvalue weighted by molar-refractivity contribution is 7.89. The zero-order chi connectivity index (χ0) is 17.9. The van der Waals surface area contributed by atoms with Crippen LogP contribution in [0, 0.1) is 0 Å². The second-order valence-electron chi connectivity index (χ2n) is 6.07. The van der Waals surface area contributed by atoms with Crippen LogP contribution in [0.4, 0.5) is 0 Å². The summed E-state index contributed by atoms with van der Waals surface area (Å²) in [6.07, 6.45) is 3.05. The largest absolute Gasteiger partial charge is 0.494 e. The van der Waals surface area contributed by atoms with Gasteiger partial charge in [-0.1, -0.05) is 5.16 Å². The molecule has 1 fully saturated rings. The van der Waals surface area contributed by atoms with Gasteiger partial charge in [-0.3, -0.25) is 0 Å². The average molecular weight is 366 g/mol. The van der Waals surface area contributed by atoms with E-state index in [0.717, 1.165) is 19.3 Å². The van der Waals surface area contributed by atoms with Gasteiger partial charge in [-0.25, -0.2) is 13.1 Å². The lowest BCUT2D eigenvalue weighted by atomic mass is 9.77. The predicted octanol–water partition coefficient (Wildman–Crippen LogP) is 1.33. The number of benzene rings is 1. The summed E-state index contributed by atoms with van der Waals surface area (Å²) in [7, 11) is -3.60. The second-order valence-corrected chi connectivity index (χ2v) is 7.84. The molecule has 3 rings (SSSR count). The van der Waals surface area contributed by atoms with E-state index in [1.165, 1.54) is 12.1 Å². The van der Waals surface area contributed by atoms with E-state index in [-0.39, 0.29) is 11.4 Å². The summed E-state index contributed by atoms with van der Waals surface area (Å²) in [6.45, 7) is 2.56. The van der Waals surface area contributed by atoms with Gasteiger partial charge in [0.2, 0.25) is 15.9 Å². The van der Waals surface area contributed by atoms with Crippen LogP contribution in [0.25, 0.3) is 0 Å². The number of nitrogens with one attached hydrogen (secondary N) is 1. The SMILES string of the molecule is CCOc1ccc(S(=O)(=O)NCCc2nc(C3(N)CCC3)no2)cc1. The van der Waals surface area contributed by atoms with Gasteiger partial charge >= 0.3 is 0 Å². The van der Waals surface area contributed by atoms with Crippen LogP contribution in [0.3, 0.4) is 0 Å². The molecule has 1 saturated carbocycles. The van der Waals surface area contributed by atoms with Crippen molar-refractivity contribution in [1.82, 2.24) is 14.9 Å². The van der Waals surface area contributed by atoms with E-state index in [1.54, 1.807) is 12.1 Å². The Morgan fingerprint density at radius 1 is 1.32 bits per heavy atom. The molecule has 1 aromatic heterocycles. The van der Waals surface area contributed by atoms with Crippen LogP contribution in [-0.4, -0.2) is 31.7 Å². The first kappa shape index (κ1) is 17.8. The van der Waals surface area contributed by atoms with Crippen molar-refractivity contribution in [2.75, 3.05) is 13.2 Å². The second kappa shape index (κ2) is 7.11. The maximum Gasteiger partial charge on any atom is 0.240 e. The van der Waals surface area contributed by atoms with Crippen LogP contribution in [0.1, 0.15) is 37.9 Å². The third kappa shape index (κ3) is 4.00. The van der Waals surface area contributed by atoms with E-state index in [2.05, 4.69) is 14.9 Å². The molecule has 0 atom stereocenters. The zero-order valence-corrected chi connectivity index (χ0v) is 14.9. The summed E-state index contributed by atoms with van der Waals surface area (Å²) in [4.78, 5) is 4.45. The van der Waals surface area contributed by atoms with Crippen molar-refractivity contribution < 1.29 is 17.7 Å². The minimum Gasteiger partial charge on any atom is -0.494 e. The Morgan fingerprint density at radius 2 is 2.04 bits per heavy atom. The van der Waals surface area contributed by atoms with Crippen LogP contribution in [-0.2, 0) is 22.0 Å². The molecule has 8 nitrogen and oxygen atoms in total. The Morgan fingerprint density at radius 3 is 2.64 bits per heavy atom. The van der Waals surface area contributed by atoms with Gasteiger partial charge in [0.1, 0.15) is 5.75 Å². The van der Waals surface area contributed by atoms with Gasteiger partial charge in [-0.05, 0) is 50.5 Å². The van der Waals surface area contributed by atoms with Crippen LogP contribution in [0.5, 0.6) is 5.75 Å². The van der Waals surface area contributed by atoms with Crippen LogP contribution < -0.4 is 15.2 Å². The summed E-state index contributed by atoms with van der Waals surface area (Å²) in [5.74, 6) is 1.51. The first-order valence-electron chi connectivity index (χ1n) is 8.27. The van der Waals surface area contributed by atoms with Crippen LogP contribution in [0.15, 0.2) is 33.7 Å². The van der Waals surface area contributed by atoms with Crippen molar-refractivity contribution in [2.24, 2.45) is 5.73 Å².